The topological polar surface area (TPSA) is 44.8 Å². The molecule has 0 aromatic rings. The summed E-state index contributed by atoms with van der Waals surface area (Å²) in [5.74, 6) is -0.334. The largest absolute Gasteiger partial charge is 0.462 e. The second kappa shape index (κ2) is 9.56. The fourth-order valence-corrected chi connectivity index (χ4v) is 2.76. The fourth-order valence-electron chi connectivity index (χ4n) is 1.12. The van der Waals surface area contributed by atoms with Crippen LogP contribution in [0.3, 0.4) is 0 Å². The Morgan fingerprint density at radius 3 is 2.19 bits per heavy atom. The molecule has 0 N–H and O–H groups in total. The normalized spacial score (nSPS) is 10.5. The summed E-state index contributed by atoms with van der Waals surface area (Å²) < 4.78 is 15.9. The van der Waals surface area contributed by atoms with Crippen LogP contribution in [0.25, 0.3) is 0 Å². The van der Waals surface area contributed by atoms with E-state index in [0.29, 0.717) is 31.4 Å². The lowest BCUT2D eigenvalue weighted by Crippen LogP contribution is -2.25. The van der Waals surface area contributed by atoms with Crippen LogP contribution in [0.4, 0.5) is 0 Å². The van der Waals surface area contributed by atoms with Gasteiger partial charge in [0.2, 0.25) is 0 Å². The second-order valence-corrected chi connectivity index (χ2v) is 5.22. The highest BCUT2D eigenvalue weighted by Crippen LogP contribution is 2.08. The maximum Gasteiger partial charge on any atom is 0.333 e. The lowest BCUT2D eigenvalue weighted by molar-refractivity contribution is -0.139. The number of carbonyl (C=O) groups excluding carboxylic acids is 1. The maximum absolute atomic E-state index is 11.4. The Morgan fingerprint density at radius 2 is 1.75 bits per heavy atom. The van der Waals surface area contributed by atoms with Gasteiger partial charge in [0.25, 0.3) is 0 Å². The van der Waals surface area contributed by atoms with Crippen LogP contribution in [-0.2, 0) is 18.4 Å². The fraction of sp³-hybridized carbons (Fsp3) is 0.727. The summed E-state index contributed by atoms with van der Waals surface area (Å²) in [6.07, 6.45) is 0.816. The van der Waals surface area contributed by atoms with Crippen molar-refractivity contribution in [3.8, 4) is 0 Å². The predicted octanol–water partition coefficient (Wildman–Crippen LogP) is 1.79. The van der Waals surface area contributed by atoms with Crippen LogP contribution in [0.5, 0.6) is 0 Å². The molecular formula is C11H22O4Si. The molecule has 0 atom stereocenters. The molecular weight excluding hydrogens is 224 g/mol. The molecule has 0 saturated carbocycles. The minimum Gasteiger partial charge on any atom is -0.462 e. The Hall–Kier alpha value is -0.653. The summed E-state index contributed by atoms with van der Waals surface area (Å²) in [6.45, 7) is 11.1. The van der Waals surface area contributed by atoms with Crippen molar-refractivity contribution in [3.05, 3.63) is 12.2 Å². The minimum absolute atomic E-state index is 0.334. The van der Waals surface area contributed by atoms with E-state index in [9.17, 15) is 4.79 Å². The molecule has 0 unspecified atom stereocenters. The Morgan fingerprint density at radius 1 is 1.19 bits per heavy atom. The molecule has 5 heteroatoms. The van der Waals surface area contributed by atoms with Gasteiger partial charge in [0, 0.05) is 24.8 Å². The van der Waals surface area contributed by atoms with Gasteiger partial charge in [-0.25, -0.2) is 4.79 Å². The summed E-state index contributed by atoms with van der Waals surface area (Å²) in [7, 11) is -1.78. The third-order valence-corrected chi connectivity index (χ3v) is 4.08. The highest BCUT2D eigenvalue weighted by molar-refractivity contribution is 6.46. The summed E-state index contributed by atoms with van der Waals surface area (Å²) in [4.78, 5) is 11.4. The smallest absolute Gasteiger partial charge is 0.333 e. The Balaban J connectivity index is 4.01. The first-order valence-electron chi connectivity index (χ1n) is 5.73. The Labute approximate surface area is 99.4 Å². The standard InChI is InChI=1S/C11H22O4Si/c1-5-8-13-11(12)10(4)9-16(14-6-2)15-7-3/h16H,4-9H2,1-3H3. The zero-order valence-electron chi connectivity index (χ0n) is 10.5. The van der Waals surface area contributed by atoms with Gasteiger partial charge in [-0.15, -0.1) is 0 Å². The van der Waals surface area contributed by atoms with E-state index in [1.807, 2.05) is 20.8 Å². The van der Waals surface area contributed by atoms with Gasteiger partial charge in [-0.3, -0.25) is 0 Å². The van der Waals surface area contributed by atoms with Gasteiger partial charge in [-0.2, -0.15) is 0 Å². The molecule has 0 aliphatic carbocycles. The highest BCUT2D eigenvalue weighted by Gasteiger charge is 2.18. The quantitative estimate of drug-likeness (QED) is 0.353. The molecule has 0 aliphatic heterocycles. The number of hydrogen-bond acceptors (Lipinski definition) is 4. The maximum atomic E-state index is 11.4. The van der Waals surface area contributed by atoms with E-state index in [-0.39, 0.29) is 5.97 Å². The van der Waals surface area contributed by atoms with Crippen molar-refractivity contribution in [2.75, 3.05) is 19.8 Å². The molecule has 0 aliphatic rings. The third kappa shape index (κ3) is 6.76. The zero-order valence-corrected chi connectivity index (χ0v) is 11.6. The molecule has 0 aromatic heterocycles. The van der Waals surface area contributed by atoms with Crippen LogP contribution in [0.1, 0.15) is 27.2 Å². The van der Waals surface area contributed by atoms with Crippen molar-refractivity contribution in [2.24, 2.45) is 0 Å². The van der Waals surface area contributed by atoms with E-state index in [2.05, 4.69) is 6.58 Å². The average molecular weight is 246 g/mol. The van der Waals surface area contributed by atoms with Gasteiger partial charge in [0.15, 0.2) is 0 Å². The van der Waals surface area contributed by atoms with Crippen molar-refractivity contribution in [1.29, 1.82) is 0 Å². The summed E-state index contributed by atoms with van der Waals surface area (Å²) >= 11 is 0. The van der Waals surface area contributed by atoms with Crippen LogP contribution in [0.15, 0.2) is 12.2 Å². The molecule has 0 amide bonds. The van der Waals surface area contributed by atoms with Gasteiger partial charge >= 0.3 is 15.3 Å². The SMILES string of the molecule is C=C(C[SiH](OCC)OCC)C(=O)OCCC. The van der Waals surface area contributed by atoms with Crippen molar-refractivity contribution in [2.45, 2.75) is 33.2 Å². The highest BCUT2D eigenvalue weighted by atomic mass is 28.3. The van der Waals surface area contributed by atoms with Crippen LogP contribution in [0.2, 0.25) is 6.04 Å². The monoisotopic (exact) mass is 246 g/mol. The molecule has 0 bridgehead atoms. The Kier molecular flexibility index (Phi) is 9.17. The molecule has 94 valence electrons. The van der Waals surface area contributed by atoms with Crippen LogP contribution in [0, 0.1) is 0 Å². The van der Waals surface area contributed by atoms with Crippen LogP contribution >= 0.6 is 0 Å². The Bertz CT molecular complexity index is 212. The van der Waals surface area contributed by atoms with Crippen molar-refractivity contribution in [3.63, 3.8) is 0 Å². The van der Waals surface area contributed by atoms with Crippen LogP contribution in [-0.4, -0.2) is 35.1 Å². The summed E-state index contributed by atoms with van der Waals surface area (Å²) in [6, 6.07) is 0.490. The molecule has 0 fully saturated rings. The van der Waals surface area contributed by atoms with E-state index >= 15 is 0 Å². The summed E-state index contributed by atoms with van der Waals surface area (Å²) in [5.41, 5.74) is 0.451. The summed E-state index contributed by atoms with van der Waals surface area (Å²) in [5, 5.41) is 0. The van der Waals surface area contributed by atoms with E-state index < -0.39 is 9.28 Å². The number of rotatable bonds is 9. The number of hydrogen-bond donors (Lipinski definition) is 0. The molecule has 0 radical (unpaired) electrons. The van der Waals surface area contributed by atoms with Gasteiger partial charge in [0.1, 0.15) is 0 Å². The molecule has 0 aromatic carbocycles. The van der Waals surface area contributed by atoms with E-state index in [0.717, 1.165) is 6.42 Å². The molecule has 0 rings (SSSR count). The van der Waals surface area contributed by atoms with E-state index in [4.69, 9.17) is 13.6 Å². The lowest BCUT2D eigenvalue weighted by Gasteiger charge is -2.15. The zero-order chi connectivity index (χ0) is 12.4. The minimum atomic E-state index is -1.78. The van der Waals surface area contributed by atoms with Gasteiger partial charge in [-0.1, -0.05) is 13.5 Å². The van der Waals surface area contributed by atoms with Crippen LogP contribution < -0.4 is 0 Å². The molecule has 0 heterocycles. The number of carbonyl (C=O) groups is 1. The molecule has 0 spiro atoms. The number of ether oxygens (including phenoxy) is 1. The van der Waals surface area contributed by atoms with Gasteiger partial charge in [0.05, 0.1) is 6.61 Å². The molecule has 4 nitrogen and oxygen atoms in total. The first-order chi connectivity index (χ1) is 7.65. The molecule has 16 heavy (non-hydrogen) atoms. The first kappa shape index (κ1) is 15.3. The second-order valence-electron chi connectivity index (χ2n) is 3.28. The van der Waals surface area contributed by atoms with Gasteiger partial charge in [-0.05, 0) is 20.3 Å². The predicted molar refractivity (Wildman–Crippen MR) is 65.6 cm³/mol. The average Bonchev–Trinajstić information content (AvgIpc) is 2.26. The first-order valence-corrected chi connectivity index (χ1v) is 7.49. The number of esters is 1. The lowest BCUT2D eigenvalue weighted by atomic mass is 10.3. The van der Waals surface area contributed by atoms with Gasteiger partial charge < -0.3 is 13.6 Å². The van der Waals surface area contributed by atoms with Crippen molar-refractivity contribution in [1.82, 2.24) is 0 Å². The van der Waals surface area contributed by atoms with E-state index in [1.54, 1.807) is 0 Å². The molecule has 0 saturated heterocycles. The van der Waals surface area contributed by atoms with Crippen molar-refractivity contribution < 1.29 is 18.4 Å². The van der Waals surface area contributed by atoms with Crippen molar-refractivity contribution >= 4 is 15.3 Å². The third-order valence-electron chi connectivity index (χ3n) is 1.84. The van der Waals surface area contributed by atoms with E-state index in [1.165, 1.54) is 0 Å².